The molecule has 0 aromatic heterocycles. The third-order valence-corrected chi connectivity index (χ3v) is 4.28. The van der Waals surface area contributed by atoms with Crippen molar-refractivity contribution in [2.75, 3.05) is 13.2 Å². The molecular formula is C19H20ClNO3. The van der Waals surface area contributed by atoms with Crippen LogP contribution in [0.4, 0.5) is 0 Å². The molecule has 1 N–H and O–H groups in total. The van der Waals surface area contributed by atoms with Crippen molar-refractivity contribution in [2.24, 2.45) is 0 Å². The van der Waals surface area contributed by atoms with Gasteiger partial charge in [0, 0.05) is 17.0 Å². The maximum Gasteiger partial charge on any atom is 0.258 e. The predicted molar refractivity (Wildman–Crippen MR) is 93.9 cm³/mol. The van der Waals surface area contributed by atoms with Crippen LogP contribution in [0.5, 0.6) is 11.5 Å². The van der Waals surface area contributed by atoms with Crippen LogP contribution in [-0.4, -0.2) is 19.1 Å². The van der Waals surface area contributed by atoms with Gasteiger partial charge in [-0.15, -0.1) is 0 Å². The van der Waals surface area contributed by atoms with Crippen LogP contribution >= 0.6 is 11.6 Å². The Balaban J connectivity index is 1.63. The van der Waals surface area contributed by atoms with Crippen molar-refractivity contribution in [3.63, 3.8) is 0 Å². The lowest BCUT2D eigenvalue weighted by Crippen LogP contribution is -2.35. The number of carbonyl (C=O) groups excluding carboxylic acids is 1. The Morgan fingerprint density at radius 2 is 2.00 bits per heavy atom. The Labute approximate surface area is 146 Å². The number of halogens is 1. The molecule has 0 aliphatic carbocycles. The molecule has 24 heavy (non-hydrogen) atoms. The lowest BCUT2D eigenvalue weighted by Gasteiger charge is -2.26. The first-order valence-electron chi connectivity index (χ1n) is 7.95. The average molecular weight is 346 g/mol. The molecular weight excluding hydrogens is 326 g/mol. The van der Waals surface area contributed by atoms with E-state index in [2.05, 4.69) is 5.32 Å². The lowest BCUT2D eigenvalue weighted by atomic mass is 10.0. The second-order valence-electron chi connectivity index (χ2n) is 5.95. The summed E-state index contributed by atoms with van der Waals surface area (Å²) in [7, 11) is 0. The zero-order valence-electron chi connectivity index (χ0n) is 13.8. The van der Waals surface area contributed by atoms with E-state index >= 15 is 0 Å². The van der Waals surface area contributed by atoms with Gasteiger partial charge in [0.25, 0.3) is 5.91 Å². The Morgan fingerprint density at radius 1 is 1.29 bits per heavy atom. The van der Waals surface area contributed by atoms with Gasteiger partial charge in [0.1, 0.15) is 11.5 Å². The third-order valence-electron chi connectivity index (χ3n) is 4.07. The minimum atomic E-state index is -0.148. The maximum absolute atomic E-state index is 12.3. The molecule has 0 saturated carbocycles. The van der Waals surface area contributed by atoms with Gasteiger partial charge in [0.2, 0.25) is 0 Å². The van der Waals surface area contributed by atoms with Gasteiger partial charge < -0.3 is 14.8 Å². The number of hydrogen-bond donors (Lipinski definition) is 1. The van der Waals surface area contributed by atoms with Gasteiger partial charge in [-0.3, -0.25) is 4.79 Å². The van der Waals surface area contributed by atoms with Crippen LogP contribution in [0.25, 0.3) is 0 Å². The van der Waals surface area contributed by atoms with Crippen molar-refractivity contribution >= 4 is 17.5 Å². The second kappa shape index (κ2) is 7.14. The van der Waals surface area contributed by atoms with Gasteiger partial charge in [-0.25, -0.2) is 0 Å². The smallest absolute Gasteiger partial charge is 0.258 e. The zero-order valence-corrected chi connectivity index (χ0v) is 14.5. The number of aryl methyl sites for hydroxylation is 2. The average Bonchev–Trinajstić information content (AvgIpc) is 2.54. The summed E-state index contributed by atoms with van der Waals surface area (Å²) >= 11 is 6.01. The number of nitrogens with one attached hydrogen (secondary N) is 1. The van der Waals surface area contributed by atoms with Gasteiger partial charge >= 0.3 is 0 Å². The van der Waals surface area contributed by atoms with Crippen LogP contribution in [0.3, 0.4) is 0 Å². The predicted octanol–water partition coefficient (Wildman–Crippen LogP) is 3.98. The Bertz CT molecular complexity index is 737. The quantitative estimate of drug-likeness (QED) is 0.911. The van der Waals surface area contributed by atoms with E-state index in [9.17, 15) is 4.79 Å². The monoisotopic (exact) mass is 345 g/mol. The van der Waals surface area contributed by atoms with Crippen molar-refractivity contribution in [3.8, 4) is 11.5 Å². The van der Waals surface area contributed by atoms with Crippen LogP contribution in [-0.2, 0) is 4.79 Å². The molecule has 1 aliphatic rings. The summed E-state index contributed by atoms with van der Waals surface area (Å²) in [6.45, 7) is 4.41. The highest BCUT2D eigenvalue weighted by molar-refractivity contribution is 6.30. The lowest BCUT2D eigenvalue weighted by molar-refractivity contribution is -0.124. The second-order valence-corrected chi connectivity index (χ2v) is 6.39. The summed E-state index contributed by atoms with van der Waals surface area (Å²) in [6.07, 6.45) is 0.752. The Kier molecular flexibility index (Phi) is 4.95. The summed E-state index contributed by atoms with van der Waals surface area (Å²) < 4.78 is 11.3. The first kappa shape index (κ1) is 16.7. The first-order valence-corrected chi connectivity index (χ1v) is 8.33. The number of carbonyl (C=O) groups is 1. The fourth-order valence-electron chi connectivity index (χ4n) is 2.99. The summed E-state index contributed by atoms with van der Waals surface area (Å²) in [5.41, 5.74) is 2.85. The molecule has 4 nitrogen and oxygen atoms in total. The molecule has 3 rings (SSSR count). The molecule has 2 aromatic rings. The van der Waals surface area contributed by atoms with Crippen molar-refractivity contribution in [1.29, 1.82) is 0 Å². The minimum absolute atomic E-state index is 0.0250. The maximum atomic E-state index is 12.3. The van der Waals surface area contributed by atoms with Crippen LogP contribution < -0.4 is 14.8 Å². The molecule has 1 atom stereocenters. The number of rotatable bonds is 4. The summed E-state index contributed by atoms with van der Waals surface area (Å²) in [4.78, 5) is 12.3. The van der Waals surface area contributed by atoms with E-state index in [1.807, 2.05) is 50.2 Å². The van der Waals surface area contributed by atoms with E-state index in [0.29, 0.717) is 17.4 Å². The van der Waals surface area contributed by atoms with Gasteiger partial charge in [-0.1, -0.05) is 29.8 Å². The Morgan fingerprint density at radius 3 is 2.75 bits per heavy atom. The summed E-state index contributed by atoms with van der Waals surface area (Å²) in [5.74, 6) is 1.40. The molecule has 0 spiro atoms. The van der Waals surface area contributed by atoms with E-state index in [0.717, 1.165) is 28.9 Å². The SMILES string of the molecule is Cc1cc(Cl)cc(C)c1OCC(=O)N[C@@H]1CCOc2ccccc21. The summed E-state index contributed by atoms with van der Waals surface area (Å²) in [6, 6.07) is 11.4. The standard InChI is InChI=1S/C19H20ClNO3/c1-12-9-14(20)10-13(2)19(12)24-11-18(22)21-16-7-8-23-17-6-4-3-5-15(16)17/h3-6,9-10,16H,7-8,11H2,1-2H3,(H,21,22)/t16-/m1/s1. The van der Waals surface area contributed by atoms with E-state index in [1.54, 1.807) is 0 Å². The molecule has 126 valence electrons. The van der Waals surface area contributed by atoms with Crippen LogP contribution in [0.1, 0.15) is 29.2 Å². The molecule has 0 saturated heterocycles. The van der Waals surface area contributed by atoms with E-state index in [-0.39, 0.29) is 18.6 Å². The van der Waals surface area contributed by atoms with E-state index < -0.39 is 0 Å². The normalized spacial score (nSPS) is 16.0. The topological polar surface area (TPSA) is 47.6 Å². The van der Waals surface area contributed by atoms with Gasteiger partial charge in [-0.2, -0.15) is 0 Å². The van der Waals surface area contributed by atoms with E-state index in [4.69, 9.17) is 21.1 Å². The third kappa shape index (κ3) is 3.65. The van der Waals surface area contributed by atoms with Crippen LogP contribution in [0, 0.1) is 13.8 Å². The van der Waals surface area contributed by atoms with Crippen molar-refractivity contribution in [1.82, 2.24) is 5.32 Å². The number of fused-ring (bicyclic) bond motifs is 1. The Hall–Kier alpha value is -2.20. The molecule has 5 heteroatoms. The number of benzene rings is 2. The molecule has 0 radical (unpaired) electrons. The van der Waals surface area contributed by atoms with Crippen LogP contribution in [0.2, 0.25) is 5.02 Å². The van der Waals surface area contributed by atoms with E-state index in [1.165, 1.54) is 0 Å². The number of para-hydroxylation sites is 1. The molecule has 1 amide bonds. The summed E-state index contributed by atoms with van der Waals surface area (Å²) in [5, 5.41) is 3.69. The molecule has 1 aliphatic heterocycles. The fourth-order valence-corrected chi connectivity index (χ4v) is 3.32. The van der Waals surface area contributed by atoms with Crippen molar-refractivity contribution < 1.29 is 14.3 Å². The first-order chi connectivity index (χ1) is 11.5. The van der Waals surface area contributed by atoms with Crippen molar-refractivity contribution in [3.05, 3.63) is 58.1 Å². The zero-order chi connectivity index (χ0) is 17.1. The van der Waals surface area contributed by atoms with Gasteiger partial charge in [0.05, 0.1) is 12.6 Å². The fraction of sp³-hybridized carbons (Fsp3) is 0.316. The van der Waals surface area contributed by atoms with Crippen LogP contribution in [0.15, 0.2) is 36.4 Å². The number of hydrogen-bond acceptors (Lipinski definition) is 3. The minimum Gasteiger partial charge on any atom is -0.493 e. The van der Waals surface area contributed by atoms with Crippen molar-refractivity contribution in [2.45, 2.75) is 26.3 Å². The largest absolute Gasteiger partial charge is 0.493 e. The highest BCUT2D eigenvalue weighted by Gasteiger charge is 2.22. The molecule has 0 bridgehead atoms. The number of amides is 1. The van der Waals surface area contributed by atoms with Gasteiger partial charge in [0.15, 0.2) is 6.61 Å². The number of ether oxygens (including phenoxy) is 2. The highest BCUT2D eigenvalue weighted by Crippen LogP contribution is 2.31. The molecule has 0 fully saturated rings. The molecule has 0 unspecified atom stereocenters. The highest BCUT2D eigenvalue weighted by atomic mass is 35.5. The molecule has 2 aromatic carbocycles. The van der Waals surface area contributed by atoms with Gasteiger partial charge in [-0.05, 0) is 43.2 Å². The molecule has 1 heterocycles.